The molecule has 0 aliphatic carbocycles. The first kappa shape index (κ1) is 14.8. The zero-order valence-corrected chi connectivity index (χ0v) is 12.0. The number of nitrogens with zero attached hydrogens (tertiary/aromatic N) is 1. The number of aliphatic hydroxyl groups is 1. The Kier molecular flexibility index (Phi) is 4.62. The molecule has 1 aliphatic heterocycles. The van der Waals surface area contributed by atoms with Crippen LogP contribution in [0.5, 0.6) is 0 Å². The van der Waals surface area contributed by atoms with Gasteiger partial charge in [0.05, 0.1) is 31.3 Å². The van der Waals surface area contributed by atoms with E-state index in [0.717, 1.165) is 5.56 Å². The Labute approximate surface area is 119 Å². The lowest BCUT2D eigenvalue weighted by molar-refractivity contribution is -0.147. The quantitative estimate of drug-likeness (QED) is 0.808. The molecule has 110 valence electrons. The molecule has 1 aromatic rings. The molecule has 0 bridgehead atoms. The van der Waals surface area contributed by atoms with E-state index >= 15 is 0 Å². The van der Waals surface area contributed by atoms with Crippen LogP contribution in [0.15, 0.2) is 24.3 Å². The number of ether oxygens (including phenoxy) is 1. The topological polar surface area (TPSA) is 75.8 Å². The van der Waals surface area contributed by atoms with E-state index in [1.165, 1.54) is 0 Å². The Morgan fingerprint density at radius 1 is 1.60 bits per heavy atom. The van der Waals surface area contributed by atoms with Crippen LogP contribution in [0.4, 0.5) is 5.69 Å². The maximum absolute atomic E-state index is 12.6. The smallest absolute Gasteiger partial charge is 0.230 e. The van der Waals surface area contributed by atoms with Gasteiger partial charge in [0, 0.05) is 12.2 Å². The van der Waals surface area contributed by atoms with Crippen molar-refractivity contribution in [3.8, 4) is 0 Å². The van der Waals surface area contributed by atoms with Crippen LogP contribution in [0, 0.1) is 0 Å². The lowest BCUT2D eigenvalue weighted by atomic mass is 9.98. The van der Waals surface area contributed by atoms with Crippen molar-refractivity contribution in [2.75, 3.05) is 25.5 Å². The number of aliphatic hydroxyl groups excluding tert-OH is 1. The Balaban J connectivity index is 2.13. The van der Waals surface area contributed by atoms with Crippen molar-refractivity contribution in [3.05, 3.63) is 29.8 Å². The van der Waals surface area contributed by atoms with Crippen molar-refractivity contribution in [3.63, 3.8) is 0 Å². The normalized spacial score (nSPS) is 24.4. The molecule has 1 fully saturated rings. The number of nitrogens with two attached hydrogens (primary N) is 1. The van der Waals surface area contributed by atoms with Crippen molar-refractivity contribution in [1.29, 1.82) is 0 Å². The number of carbonyl (C=O) groups excluding carboxylic acids is 1. The largest absolute Gasteiger partial charge is 0.399 e. The minimum Gasteiger partial charge on any atom is -0.399 e. The standard InChI is InChI=1S/C15H22N2O3/c1-10-9-20-14(8-18)7-17(10)15(19)11(2)12-4-3-5-13(16)6-12/h3-6,10-11,14,18H,7-9,16H2,1-2H3. The van der Waals surface area contributed by atoms with Crippen LogP contribution in [-0.2, 0) is 9.53 Å². The summed E-state index contributed by atoms with van der Waals surface area (Å²) in [7, 11) is 0. The summed E-state index contributed by atoms with van der Waals surface area (Å²) in [5.74, 6) is -0.205. The van der Waals surface area contributed by atoms with Gasteiger partial charge in [0.1, 0.15) is 0 Å². The van der Waals surface area contributed by atoms with E-state index < -0.39 is 0 Å². The molecule has 1 amide bonds. The van der Waals surface area contributed by atoms with E-state index in [9.17, 15) is 9.90 Å². The Morgan fingerprint density at radius 3 is 3.00 bits per heavy atom. The maximum Gasteiger partial charge on any atom is 0.230 e. The maximum atomic E-state index is 12.6. The summed E-state index contributed by atoms with van der Waals surface area (Å²) in [6.07, 6.45) is -0.289. The highest BCUT2D eigenvalue weighted by atomic mass is 16.5. The van der Waals surface area contributed by atoms with Gasteiger partial charge in [-0.2, -0.15) is 0 Å². The number of nitrogen functional groups attached to an aromatic ring is 1. The summed E-state index contributed by atoms with van der Waals surface area (Å²) in [6, 6.07) is 7.42. The lowest BCUT2D eigenvalue weighted by Gasteiger charge is -2.38. The van der Waals surface area contributed by atoms with Crippen molar-refractivity contribution < 1.29 is 14.6 Å². The molecule has 5 heteroatoms. The second kappa shape index (κ2) is 6.24. The molecule has 1 aromatic carbocycles. The van der Waals surface area contributed by atoms with Crippen LogP contribution in [-0.4, -0.2) is 47.8 Å². The van der Waals surface area contributed by atoms with E-state index in [-0.39, 0.29) is 30.6 Å². The first-order chi connectivity index (χ1) is 9.52. The summed E-state index contributed by atoms with van der Waals surface area (Å²) in [5.41, 5.74) is 7.34. The van der Waals surface area contributed by atoms with Gasteiger partial charge in [0.25, 0.3) is 0 Å². The molecule has 1 heterocycles. The van der Waals surface area contributed by atoms with Crippen molar-refractivity contribution in [1.82, 2.24) is 4.90 Å². The van der Waals surface area contributed by atoms with Crippen LogP contribution in [0.1, 0.15) is 25.3 Å². The third-order valence-electron chi connectivity index (χ3n) is 3.77. The minimum absolute atomic E-state index is 0.0220. The molecule has 5 nitrogen and oxygen atoms in total. The predicted molar refractivity (Wildman–Crippen MR) is 77.3 cm³/mol. The fourth-order valence-electron chi connectivity index (χ4n) is 2.45. The van der Waals surface area contributed by atoms with Gasteiger partial charge >= 0.3 is 0 Å². The number of benzene rings is 1. The van der Waals surface area contributed by atoms with E-state index in [1.54, 1.807) is 11.0 Å². The molecular formula is C15H22N2O3. The van der Waals surface area contributed by atoms with Gasteiger partial charge in [-0.25, -0.2) is 0 Å². The molecular weight excluding hydrogens is 256 g/mol. The number of carbonyl (C=O) groups is 1. The first-order valence-corrected chi connectivity index (χ1v) is 6.91. The number of amides is 1. The second-order valence-corrected chi connectivity index (χ2v) is 5.37. The highest BCUT2D eigenvalue weighted by molar-refractivity contribution is 5.84. The summed E-state index contributed by atoms with van der Waals surface area (Å²) in [4.78, 5) is 14.4. The third-order valence-corrected chi connectivity index (χ3v) is 3.77. The van der Waals surface area contributed by atoms with Gasteiger partial charge in [-0.1, -0.05) is 12.1 Å². The van der Waals surface area contributed by atoms with Crippen molar-refractivity contribution in [2.24, 2.45) is 0 Å². The fraction of sp³-hybridized carbons (Fsp3) is 0.533. The minimum atomic E-state index is -0.289. The number of morpholine rings is 1. The van der Waals surface area contributed by atoms with E-state index in [1.807, 2.05) is 32.0 Å². The lowest BCUT2D eigenvalue weighted by Crippen LogP contribution is -2.53. The Morgan fingerprint density at radius 2 is 2.35 bits per heavy atom. The molecule has 20 heavy (non-hydrogen) atoms. The van der Waals surface area contributed by atoms with E-state index in [2.05, 4.69) is 0 Å². The molecule has 0 radical (unpaired) electrons. The van der Waals surface area contributed by atoms with Crippen LogP contribution < -0.4 is 5.73 Å². The number of rotatable bonds is 3. The highest BCUT2D eigenvalue weighted by Crippen LogP contribution is 2.23. The van der Waals surface area contributed by atoms with Gasteiger partial charge < -0.3 is 20.5 Å². The molecule has 1 saturated heterocycles. The zero-order valence-electron chi connectivity index (χ0n) is 12.0. The summed E-state index contributed by atoms with van der Waals surface area (Å²) < 4.78 is 5.46. The molecule has 0 aromatic heterocycles. The van der Waals surface area contributed by atoms with E-state index in [4.69, 9.17) is 10.5 Å². The highest BCUT2D eigenvalue weighted by Gasteiger charge is 2.32. The molecule has 2 rings (SSSR count). The number of anilines is 1. The summed E-state index contributed by atoms with van der Waals surface area (Å²) in [6.45, 7) is 4.66. The molecule has 0 saturated carbocycles. The fourth-order valence-corrected chi connectivity index (χ4v) is 2.45. The van der Waals surface area contributed by atoms with Gasteiger partial charge in [-0.3, -0.25) is 4.79 Å². The van der Waals surface area contributed by atoms with Gasteiger partial charge in [-0.05, 0) is 31.5 Å². The predicted octanol–water partition coefficient (Wildman–Crippen LogP) is 0.980. The average molecular weight is 278 g/mol. The zero-order chi connectivity index (χ0) is 14.7. The number of hydrogen-bond acceptors (Lipinski definition) is 4. The van der Waals surface area contributed by atoms with Gasteiger partial charge in [-0.15, -0.1) is 0 Å². The van der Waals surface area contributed by atoms with E-state index in [0.29, 0.717) is 18.8 Å². The Hall–Kier alpha value is -1.59. The average Bonchev–Trinajstić information content (AvgIpc) is 2.46. The van der Waals surface area contributed by atoms with Crippen LogP contribution >= 0.6 is 0 Å². The van der Waals surface area contributed by atoms with Gasteiger partial charge in [0.2, 0.25) is 5.91 Å². The third kappa shape index (κ3) is 3.11. The molecule has 3 unspecified atom stereocenters. The second-order valence-electron chi connectivity index (χ2n) is 5.37. The van der Waals surface area contributed by atoms with Crippen LogP contribution in [0.2, 0.25) is 0 Å². The molecule has 0 spiro atoms. The molecule has 3 atom stereocenters. The summed E-state index contributed by atoms with van der Waals surface area (Å²) in [5, 5.41) is 9.19. The molecule has 3 N–H and O–H groups in total. The SMILES string of the molecule is CC(C(=O)N1CC(CO)OCC1C)c1cccc(N)c1. The summed E-state index contributed by atoms with van der Waals surface area (Å²) >= 11 is 0. The van der Waals surface area contributed by atoms with Gasteiger partial charge in [0.15, 0.2) is 0 Å². The van der Waals surface area contributed by atoms with Crippen molar-refractivity contribution >= 4 is 11.6 Å². The first-order valence-electron chi connectivity index (χ1n) is 6.91. The van der Waals surface area contributed by atoms with Crippen molar-refractivity contribution in [2.45, 2.75) is 31.9 Å². The molecule has 1 aliphatic rings. The van der Waals surface area contributed by atoms with Crippen LogP contribution in [0.3, 0.4) is 0 Å². The monoisotopic (exact) mass is 278 g/mol. The van der Waals surface area contributed by atoms with Crippen LogP contribution in [0.25, 0.3) is 0 Å². The number of hydrogen-bond donors (Lipinski definition) is 2. The Bertz CT molecular complexity index is 478.